The normalized spacial score (nSPS) is 16.5. The number of fused-ring (bicyclic) bond motifs is 3. The van der Waals surface area contributed by atoms with Gasteiger partial charge in [-0.1, -0.05) is 99.0 Å². The van der Waals surface area contributed by atoms with Gasteiger partial charge in [-0.2, -0.15) is 0 Å². The quantitative estimate of drug-likeness (QED) is 0.199. The van der Waals surface area contributed by atoms with Gasteiger partial charge in [0.05, 0.1) is 22.8 Å². The van der Waals surface area contributed by atoms with Gasteiger partial charge in [0.25, 0.3) is 0 Å². The molecular weight excluding hydrogens is 538 g/mol. The first-order valence-electron chi connectivity index (χ1n) is 14.8. The van der Waals surface area contributed by atoms with Crippen molar-refractivity contribution in [1.29, 1.82) is 0 Å². The number of rotatable bonds is 5. The summed E-state index contributed by atoms with van der Waals surface area (Å²) in [5.74, 6) is 0.904. The van der Waals surface area contributed by atoms with Gasteiger partial charge in [-0.3, -0.25) is 9.98 Å². The number of pyridine rings is 2. The van der Waals surface area contributed by atoms with E-state index in [9.17, 15) is 0 Å². The molecule has 5 nitrogen and oxygen atoms in total. The van der Waals surface area contributed by atoms with Crippen molar-refractivity contribution in [3.05, 3.63) is 126 Å². The molecule has 0 spiro atoms. The van der Waals surface area contributed by atoms with Gasteiger partial charge in [0, 0.05) is 69.0 Å². The summed E-state index contributed by atoms with van der Waals surface area (Å²) in [6.07, 6.45) is 15.5. The number of dihydropyridines is 1. The molecule has 0 aliphatic carbocycles. The Morgan fingerprint density at radius 1 is 0.818 bits per heavy atom. The summed E-state index contributed by atoms with van der Waals surface area (Å²) >= 11 is 0. The summed E-state index contributed by atoms with van der Waals surface area (Å²) in [4.78, 5) is 23.8. The van der Waals surface area contributed by atoms with Crippen LogP contribution in [0.15, 0.2) is 109 Å². The van der Waals surface area contributed by atoms with Crippen molar-refractivity contribution >= 4 is 46.5 Å². The zero-order valence-electron chi connectivity index (χ0n) is 24.8. The zero-order valence-corrected chi connectivity index (χ0v) is 24.8. The van der Waals surface area contributed by atoms with Gasteiger partial charge in [0.2, 0.25) is 0 Å². The summed E-state index contributed by atoms with van der Waals surface area (Å²) in [6, 6.07) is 23.0. The first kappa shape index (κ1) is 27.3. The van der Waals surface area contributed by atoms with Crippen molar-refractivity contribution in [3.63, 3.8) is 0 Å². The maximum absolute atomic E-state index is 4.96. The largest absolute Gasteiger partial charge is 0.283 e. The molecule has 0 amide bonds. The summed E-state index contributed by atoms with van der Waals surface area (Å²) < 4.78 is 0. The Morgan fingerprint density at radius 3 is 2.34 bits per heavy atom. The lowest BCUT2D eigenvalue weighted by Gasteiger charge is -2.22. The molecule has 44 heavy (non-hydrogen) atoms. The Labute approximate surface area is 256 Å². The van der Waals surface area contributed by atoms with Crippen LogP contribution in [0.3, 0.4) is 0 Å². The molecule has 2 unspecified atom stereocenters. The number of benzene rings is 3. The first-order valence-corrected chi connectivity index (χ1v) is 14.8. The van der Waals surface area contributed by atoms with Gasteiger partial charge in [0.15, 0.2) is 5.82 Å². The van der Waals surface area contributed by atoms with Crippen molar-refractivity contribution in [2.75, 3.05) is 0 Å². The smallest absolute Gasteiger partial charge is 0.159 e. The molecule has 0 saturated heterocycles. The average Bonchev–Trinajstić information content (AvgIpc) is 3.08. The minimum Gasteiger partial charge on any atom is -0.283 e. The molecule has 212 valence electrons. The second-order valence-electron chi connectivity index (χ2n) is 11.0. The molecule has 7 rings (SSSR count). The van der Waals surface area contributed by atoms with Crippen molar-refractivity contribution in [1.82, 2.24) is 19.9 Å². The van der Waals surface area contributed by atoms with Gasteiger partial charge in [-0.25, -0.2) is 15.0 Å². The number of hydrogen-bond acceptors (Lipinski definition) is 5. The summed E-state index contributed by atoms with van der Waals surface area (Å²) in [5.41, 5.74) is 6.64. The Morgan fingerprint density at radius 2 is 1.59 bits per heavy atom. The van der Waals surface area contributed by atoms with Crippen molar-refractivity contribution in [2.45, 2.75) is 19.9 Å². The molecule has 0 bridgehead atoms. The third-order valence-corrected chi connectivity index (χ3v) is 8.43. The predicted octanol–water partition coefficient (Wildman–Crippen LogP) is 7.75. The summed E-state index contributed by atoms with van der Waals surface area (Å²) in [7, 11) is 0. The molecule has 2 atom stereocenters. The van der Waals surface area contributed by atoms with Gasteiger partial charge >= 0.3 is 0 Å². The molecule has 0 saturated carbocycles. The maximum atomic E-state index is 4.96. The van der Waals surface area contributed by atoms with E-state index in [4.69, 9.17) is 15.0 Å². The predicted molar refractivity (Wildman–Crippen MR) is 183 cm³/mol. The van der Waals surface area contributed by atoms with Gasteiger partial charge in [0.1, 0.15) is 0 Å². The van der Waals surface area contributed by atoms with Crippen LogP contribution in [0.25, 0.3) is 74.0 Å². The lowest BCUT2D eigenvalue weighted by atomic mass is 9.91. The fraction of sp³-hybridized carbons (Fsp3) is 0.103. The lowest BCUT2D eigenvalue weighted by Crippen LogP contribution is -2.28. The number of hydrogen-bond donors (Lipinski definition) is 0. The van der Waals surface area contributed by atoms with Gasteiger partial charge in [-0.05, 0) is 35.4 Å². The molecule has 3 aromatic carbocycles. The van der Waals surface area contributed by atoms with E-state index in [2.05, 4.69) is 103 Å². The maximum Gasteiger partial charge on any atom is 0.159 e. The Kier molecular flexibility index (Phi) is 6.99. The van der Waals surface area contributed by atoms with Crippen LogP contribution < -0.4 is 10.6 Å². The molecule has 3 aromatic heterocycles. The molecule has 4 heterocycles. The monoisotopic (exact) mass is 569 g/mol. The molecule has 1 aliphatic rings. The molecular formula is C39H31N5. The lowest BCUT2D eigenvalue weighted by molar-refractivity contribution is 0.552. The second kappa shape index (κ2) is 11.3. The van der Waals surface area contributed by atoms with E-state index in [1.165, 1.54) is 16.2 Å². The summed E-state index contributed by atoms with van der Waals surface area (Å²) in [5, 5.41) is 6.54. The Bertz CT molecular complexity index is 2230. The highest BCUT2D eigenvalue weighted by atomic mass is 14.9. The standard InChI is InChI=1S/C39H31N5/c1-5-30-25(4)44-37(34-18-17-26-11-7-8-12-33(26)35(30)34)27-13-15-28(16-14-27)39-42-22-29(23-43-39)32-19-21-41-38(31(32)6-2)36-24(3)10-9-20-40-36/h5-24,36H,2,4H2,1,3H3/b30-5+. The molecule has 0 fully saturated rings. The fourth-order valence-electron chi connectivity index (χ4n) is 6.20. The van der Waals surface area contributed by atoms with Crippen LogP contribution in [0.2, 0.25) is 0 Å². The third kappa shape index (κ3) is 4.63. The van der Waals surface area contributed by atoms with Crippen LogP contribution >= 0.6 is 0 Å². The minimum absolute atomic E-state index is 0.0483. The third-order valence-electron chi connectivity index (χ3n) is 8.43. The van der Waals surface area contributed by atoms with Crippen LogP contribution in [-0.2, 0) is 0 Å². The van der Waals surface area contributed by atoms with Crippen LogP contribution in [0.5, 0.6) is 0 Å². The first-order chi connectivity index (χ1) is 21.6. The summed E-state index contributed by atoms with van der Waals surface area (Å²) in [6.45, 7) is 12.6. The van der Waals surface area contributed by atoms with Crippen LogP contribution in [0, 0.1) is 5.92 Å². The van der Waals surface area contributed by atoms with E-state index in [0.29, 0.717) is 5.82 Å². The van der Waals surface area contributed by atoms with E-state index in [0.717, 1.165) is 55.2 Å². The van der Waals surface area contributed by atoms with Gasteiger partial charge in [-0.15, -0.1) is 0 Å². The van der Waals surface area contributed by atoms with E-state index >= 15 is 0 Å². The van der Waals surface area contributed by atoms with E-state index in [1.54, 1.807) is 0 Å². The number of allylic oxidation sites excluding steroid dienone is 1. The number of nitrogens with zero attached hydrogens (tertiary/aromatic N) is 5. The van der Waals surface area contributed by atoms with Gasteiger partial charge < -0.3 is 0 Å². The van der Waals surface area contributed by atoms with Crippen molar-refractivity contribution in [3.8, 4) is 33.8 Å². The van der Waals surface area contributed by atoms with E-state index in [-0.39, 0.29) is 12.0 Å². The second-order valence-corrected chi connectivity index (χ2v) is 11.0. The topological polar surface area (TPSA) is 63.9 Å². The van der Waals surface area contributed by atoms with Crippen LogP contribution in [-0.4, -0.2) is 26.2 Å². The highest BCUT2D eigenvalue weighted by molar-refractivity contribution is 6.11. The number of aliphatic imine (C=N–C) groups is 1. The highest BCUT2D eigenvalue weighted by Gasteiger charge is 2.23. The van der Waals surface area contributed by atoms with Crippen LogP contribution in [0.1, 0.15) is 31.1 Å². The number of aromatic nitrogens is 4. The molecule has 1 aliphatic heterocycles. The Hall–Kier alpha value is -5.55. The molecule has 6 aromatic rings. The van der Waals surface area contributed by atoms with Crippen molar-refractivity contribution in [2.24, 2.45) is 10.9 Å². The highest BCUT2D eigenvalue weighted by Crippen LogP contribution is 2.35. The van der Waals surface area contributed by atoms with Crippen molar-refractivity contribution < 1.29 is 0 Å². The Balaban J connectivity index is 1.24. The fourth-order valence-corrected chi connectivity index (χ4v) is 6.20. The van der Waals surface area contributed by atoms with E-state index < -0.39 is 0 Å². The van der Waals surface area contributed by atoms with Crippen LogP contribution in [0.4, 0.5) is 0 Å². The SMILES string of the molecule is C=Cc1c(-c2cnc(-c3ccc(-c4nc(=C)/c(=C\C)c5c4ccc4ccccc45)cc3)nc2)ccnc1C1N=CC=CC1C. The minimum atomic E-state index is -0.0483. The molecule has 0 N–H and O–H groups in total. The molecule has 5 heteroatoms. The van der Waals surface area contributed by atoms with E-state index in [1.807, 2.05) is 49.9 Å². The molecule has 0 radical (unpaired) electrons. The average molecular weight is 570 g/mol. The zero-order chi connectivity index (χ0) is 30.2.